The number of rotatable bonds is 11. The van der Waals surface area contributed by atoms with E-state index in [1.807, 2.05) is 12.4 Å². The Morgan fingerprint density at radius 3 is 0.670 bits per heavy atom. The van der Waals surface area contributed by atoms with Crippen molar-refractivity contribution in [3.05, 3.63) is 364 Å². The second-order valence-corrected chi connectivity index (χ2v) is 26.0. The molecule has 0 unspecified atom stereocenters. The van der Waals surface area contributed by atoms with Gasteiger partial charge in [-0.05, 0) is 169 Å². The molecule has 6 aromatic heterocycles. The fraction of sp³-hybridized carbons (Fsp3) is 0. The monoisotopic (exact) mass is 1270 g/mol. The van der Waals surface area contributed by atoms with Crippen molar-refractivity contribution < 1.29 is 0 Å². The molecule has 6 heterocycles. The lowest BCUT2D eigenvalue weighted by atomic mass is 10.0. The maximum atomic E-state index is 6.67. The van der Waals surface area contributed by atoms with Crippen molar-refractivity contribution in [3.8, 4) is 101 Å². The Bertz CT molecular complexity index is 6250. The van der Waals surface area contributed by atoms with E-state index in [4.69, 9.17) is 9.97 Å². The van der Waals surface area contributed by atoms with Crippen molar-refractivity contribution in [3.63, 3.8) is 0 Å². The SMILES string of the molecule is c1ccc(-c2ccc3c(c2)c2cc(-c4ccccc4)ccc2n3-c2nc(-n3c4ccccc4c4ccccc43)c(-n3c4ccc(-c5ccccc5)cc4c4cc(-c5ccccc5)ccc43)c(-c3ccncc3)c2-n2c3ccc(-c4ccccc4)cc3c3cc(-c4ccccc4)ccc32)cc1. The molecule has 0 fully saturated rings. The largest absolute Gasteiger partial charge is 0.305 e. The molecule has 0 N–H and O–H groups in total. The molecule has 0 atom stereocenters. The van der Waals surface area contributed by atoms with Crippen molar-refractivity contribution in [1.82, 2.24) is 28.2 Å². The van der Waals surface area contributed by atoms with E-state index in [1.165, 1.54) is 0 Å². The van der Waals surface area contributed by atoms with Crippen LogP contribution in [-0.2, 0) is 0 Å². The molecule has 6 heteroatoms. The van der Waals surface area contributed by atoms with Crippen LogP contribution < -0.4 is 0 Å². The van der Waals surface area contributed by atoms with E-state index in [0.29, 0.717) is 0 Å². The highest BCUT2D eigenvalue weighted by Crippen LogP contribution is 2.51. The first kappa shape index (κ1) is 56.9. The van der Waals surface area contributed by atoms with Crippen LogP contribution in [0, 0.1) is 0 Å². The van der Waals surface area contributed by atoms with Crippen LogP contribution in [0.3, 0.4) is 0 Å². The van der Waals surface area contributed by atoms with E-state index < -0.39 is 0 Å². The molecule has 6 nitrogen and oxygen atoms in total. The van der Waals surface area contributed by atoms with Gasteiger partial charge in [0.05, 0.1) is 44.1 Å². The van der Waals surface area contributed by atoms with Crippen molar-refractivity contribution in [2.45, 2.75) is 0 Å². The quantitative estimate of drug-likeness (QED) is 0.130. The minimum atomic E-state index is 0.754. The molecule has 0 saturated carbocycles. The zero-order valence-corrected chi connectivity index (χ0v) is 54.3. The highest BCUT2D eigenvalue weighted by Gasteiger charge is 2.33. The van der Waals surface area contributed by atoms with Crippen molar-refractivity contribution in [2.75, 3.05) is 0 Å². The number of nitrogens with zero attached hydrogens (tertiary/aromatic N) is 6. The maximum Gasteiger partial charge on any atom is 0.165 e. The van der Waals surface area contributed by atoms with E-state index in [2.05, 4.69) is 370 Å². The van der Waals surface area contributed by atoms with Gasteiger partial charge in [-0.2, -0.15) is 0 Å². The number of para-hydroxylation sites is 2. The minimum Gasteiger partial charge on any atom is -0.305 e. The lowest BCUT2D eigenvalue weighted by molar-refractivity contribution is 0.961. The molecule has 14 aromatic carbocycles. The molecular formula is C94H60N6. The van der Waals surface area contributed by atoms with Gasteiger partial charge in [-0.15, -0.1) is 0 Å². The topological polar surface area (TPSA) is 45.5 Å². The highest BCUT2D eigenvalue weighted by atomic mass is 15.2. The first-order chi connectivity index (χ1) is 49.6. The smallest absolute Gasteiger partial charge is 0.165 e. The van der Waals surface area contributed by atoms with E-state index in [-0.39, 0.29) is 0 Å². The van der Waals surface area contributed by atoms with Gasteiger partial charge in [0.25, 0.3) is 0 Å². The molecule has 0 aliphatic heterocycles. The lowest BCUT2D eigenvalue weighted by Gasteiger charge is -2.27. The minimum absolute atomic E-state index is 0.754. The van der Waals surface area contributed by atoms with Crippen LogP contribution in [0.15, 0.2) is 364 Å². The summed E-state index contributed by atoms with van der Waals surface area (Å²) in [5.41, 5.74) is 25.7. The molecule has 0 aliphatic rings. The van der Waals surface area contributed by atoms with Gasteiger partial charge in [0.1, 0.15) is 11.4 Å². The summed E-state index contributed by atoms with van der Waals surface area (Å²) in [4.78, 5) is 11.5. The van der Waals surface area contributed by atoms with Crippen LogP contribution >= 0.6 is 0 Å². The molecule has 0 saturated heterocycles. The second kappa shape index (κ2) is 23.2. The molecule has 0 radical (unpaired) electrons. The molecule has 0 spiro atoms. The molecule has 0 bridgehead atoms. The molecule has 20 rings (SSSR count). The number of benzene rings is 14. The summed E-state index contributed by atoms with van der Waals surface area (Å²) in [5.74, 6) is 1.51. The average Bonchev–Trinajstić information content (AvgIpc) is 1.50. The van der Waals surface area contributed by atoms with Crippen molar-refractivity contribution in [1.29, 1.82) is 0 Å². The Balaban J connectivity index is 1.03. The Kier molecular flexibility index (Phi) is 13.2. The van der Waals surface area contributed by atoms with Gasteiger partial charge in [0, 0.05) is 61.0 Å². The van der Waals surface area contributed by atoms with Crippen LogP contribution in [0.25, 0.3) is 188 Å². The number of pyridine rings is 2. The summed E-state index contributed by atoms with van der Waals surface area (Å²) in [6.45, 7) is 0. The van der Waals surface area contributed by atoms with Crippen LogP contribution in [0.4, 0.5) is 0 Å². The fourth-order valence-corrected chi connectivity index (χ4v) is 15.9. The Morgan fingerprint density at radius 1 is 0.170 bits per heavy atom. The normalized spacial score (nSPS) is 11.8. The van der Waals surface area contributed by atoms with E-state index >= 15 is 0 Å². The van der Waals surface area contributed by atoms with Crippen LogP contribution in [0.1, 0.15) is 0 Å². The van der Waals surface area contributed by atoms with Crippen LogP contribution in [0.2, 0.25) is 0 Å². The van der Waals surface area contributed by atoms with E-state index in [0.717, 1.165) is 188 Å². The van der Waals surface area contributed by atoms with Gasteiger partial charge in [-0.25, -0.2) is 4.98 Å². The fourth-order valence-electron chi connectivity index (χ4n) is 15.9. The molecule has 0 amide bonds. The number of hydrogen-bond acceptors (Lipinski definition) is 2. The first-order valence-electron chi connectivity index (χ1n) is 34.2. The number of fused-ring (bicyclic) bond motifs is 12. The maximum absolute atomic E-state index is 6.67. The van der Waals surface area contributed by atoms with Gasteiger partial charge >= 0.3 is 0 Å². The summed E-state index contributed by atoms with van der Waals surface area (Å²) in [7, 11) is 0. The average molecular weight is 1270 g/mol. The Hall–Kier alpha value is -13.4. The number of hydrogen-bond donors (Lipinski definition) is 0. The standard InChI is InChI=1S/C94H60N6/c1-7-23-61(24-8-1)68-39-45-84-76(55-68)77-56-69(62-25-9-2-10-26-62)40-46-85(77)97(84)91-90(67-51-53-95-54-52-67)92(98-86-47-41-70(63-27-11-3-12-28-63)57-78(86)79-58-71(42-48-87(79)98)64-29-13-4-14-30-64)94(96-93(91)99-82-37-21-19-35-74(82)75-36-20-22-38-83(75)99)100-88-49-43-72(65-31-15-5-16-32-65)59-80(88)81-60-73(44-50-89(81)100)66-33-17-6-18-34-66/h1-60H. The third-order valence-corrected chi connectivity index (χ3v) is 20.5. The molecule has 100 heavy (non-hydrogen) atoms. The van der Waals surface area contributed by atoms with Gasteiger partial charge in [-0.1, -0.05) is 255 Å². The summed E-state index contributed by atoms with van der Waals surface area (Å²) in [6, 6.07) is 129. The highest BCUT2D eigenvalue weighted by molar-refractivity contribution is 6.18. The summed E-state index contributed by atoms with van der Waals surface area (Å²) in [5, 5.41) is 8.98. The third kappa shape index (κ3) is 9.12. The Labute approximate surface area is 577 Å². The van der Waals surface area contributed by atoms with Gasteiger partial charge in [-0.3, -0.25) is 14.1 Å². The summed E-state index contributed by atoms with van der Waals surface area (Å²) in [6.07, 6.45) is 3.90. The van der Waals surface area contributed by atoms with Gasteiger partial charge < -0.3 is 9.13 Å². The van der Waals surface area contributed by atoms with E-state index in [9.17, 15) is 0 Å². The zero-order chi connectivity index (χ0) is 65.8. The predicted molar refractivity (Wildman–Crippen MR) is 417 cm³/mol. The summed E-state index contributed by atoms with van der Waals surface area (Å²) < 4.78 is 10.0. The molecule has 20 aromatic rings. The zero-order valence-electron chi connectivity index (χ0n) is 54.3. The second-order valence-electron chi connectivity index (χ2n) is 26.0. The van der Waals surface area contributed by atoms with Gasteiger partial charge in [0.15, 0.2) is 11.6 Å². The van der Waals surface area contributed by atoms with E-state index in [1.54, 1.807) is 0 Å². The molecule has 466 valence electrons. The van der Waals surface area contributed by atoms with Crippen LogP contribution in [-0.4, -0.2) is 28.2 Å². The van der Waals surface area contributed by atoms with Gasteiger partial charge in [0.2, 0.25) is 0 Å². The Morgan fingerprint density at radius 2 is 0.400 bits per heavy atom. The molecular weight excluding hydrogens is 1210 g/mol. The first-order valence-corrected chi connectivity index (χ1v) is 34.2. The third-order valence-electron chi connectivity index (χ3n) is 20.5. The van der Waals surface area contributed by atoms with Crippen molar-refractivity contribution in [2.24, 2.45) is 0 Å². The summed E-state index contributed by atoms with van der Waals surface area (Å²) >= 11 is 0. The number of aromatic nitrogens is 6. The predicted octanol–water partition coefficient (Wildman–Crippen LogP) is 24.5. The lowest BCUT2D eigenvalue weighted by Crippen LogP contribution is -2.16. The van der Waals surface area contributed by atoms with Crippen LogP contribution in [0.5, 0.6) is 0 Å². The van der Waals surface area contributed by atoms with Crippen molar-refractivity contribution >= 4 is 87.2 Å². The molecule has 0 aliphatic carbocycles.